The van der Waals surface area contributed by atoms with Crippen LogP contribution in [0.15, 0.2) is 42.5 Å². The Hall–Kier alpha value is -2.61. The average molecular weight is 570 g/mol. The van der Waals surface area contributed by atoms with Gasteiger partial charge in [0, 0.05) is 42.1 Å². The number of amides is 2. The number of halogens is 1. The van der Waals surface area contributed by atoms with E-state index in [2.05, 4.69) is 52.8 Å². The van der Waals surface area contributed by atoms with E-state index in [1.165, 1.54) is 5.56 Å². The normalized spacial score (nSPS) is 22.1. The summed E-state index contributed by atoms with van der Waals surface area (Å²) in [7, 11) is 1.99. The van der Waals surface area contributed by atoms with E-state index in [4.69, 9.17) is 21.4 Å². The van der Waals surface area contributed by atoms with Crippen LogP contribution in [0, 0.1) is 17.8 Å². The van der Waals surface area contributed by atoms with Gasteiger partial charge in [-0.1, -0.05) is 54.9 Å². The monoisotopic (exact) mass is 569 g/mol. The molecule has 0 spiro atoms. The summed E-state index contributed by atoms with van der Waals surface area (Å²) in [6, 6.07) is 14.3. The van der Waals surface area contributed by atoms with Crippen LogP contribution in [-0.4, -0.2) is 61.8 Å². The molecule has 0 aromatic heterocycles. The Kier molecular flexibility index (Phi) is 11.3. The van der Waals surface area contributed by atoms with Gasteiger partial charge in [-0.15, -0.1) is 0 Å². The second-order valence-corrected chi connectivity index (χ2v) is 11.7. The number of nitrogens with zero attached hydrogens (tertiary/aromatic N) is 1. The quantitative estimate of drug-likeness (QED) is 0.282. The first-order valence-corrected chi connectivity index (χ1v) is 15.2. The summed E-state index contributed by atoms with van der Waals surface area (Å²) in [6.07, 6.45) is 5.48. The molecule has 4 rings (SSSR count). The molecule has 2 aliphatic rings. The van der Waals surface area contributed by atoms with Gasteiger partial charge in [0.05, 0.1) is 12.7 Å². The molecule has 2 amide bonds. The van der Waals surface area contributed by atoms with Crippen LogP contribution < -0.4 is 10.6 Å². The Bertz CT molecular complexity index is 1130. The fraction of sp³-hybridized carbons (Fsp3) is 0.562. The van der Waals surface area contributed by atoms with Crippen LogP contribution in [0.2, 0.25) is 5.02 Å². The highest BCUT2D eigenvalue weighted by Crippen LogP contribution is 2.42. The number of hydrogen-bond acceptors (Lipinski definition) is 4. The molecule has 218 valence electrons. The molecule has 1 aliphatic heterocycles. The maximum Gasteiger partial charge on any atom is 0.404 e. The molecule has 3 N–H and O–H groups in total. The van der Waals surface area contributed by atoms with E-state index in [9.17, 15) is 9.59 Å². The Balaban J connectivity index is 1.58. The first-order chi connectivity index (χ1) is 19.4. The molecular formula is C32H44ClN3O4. The predicted molar refractivity (Wildman–Crippen MR) is 160 cm³/mol. The highest BCUT2D eigenvalue weighted by atomic mass is 35.5. The third-order valence-electron chi connectivity index (χ3n) is 8.54. The van der Waals surface area contributed by atoms with E-state index in [1.807, 2.05) is 19.2 Å². The standard InChI is InChI=1S/C32H44ClN3O4/c1-3-22-7-4-8-25(19-22)29-27(10-5-11-28(29)33)30(40-18-16-35-32(38)39)26-9-6-17-36(21-26)31(37)24-14-12-23(13-15-24)20-34-2/h4-5,7-8,10-11,19,23-24,26,30,34-35H,3,6,9,12-18,20-21H2,1-2H3,(H,38,39)/t23?,24?,26-,30?/m1/s1. The summed E-state index contributed by atoms with van der Waals surface area (Å²) in [5.41, 5.74) is 4.20. The van der Waals surface area contributed by atoms with Crippen molar-refractivity contribution in [1.82, 2.24) is 15.5 Å². The molecule has 1 heterocycles. The van der Waals surface area contributed by atoms with Crippen LogP contribution in [0.1, 0.15) is 62.7 Å². The first-order valence-electron chi connectivity index (χ1n) is 14.8. The highest BCUT2D eigenvalue weighted by Gasteiger charge is 2.36. The van der Waals surface area contributed by atoms with Crippen molar-refractivity contribution in [2.24, 2.45) is 17.8 Å². The van der Waals surface area contributed by atoms with Gasteiger partial charge in [0.15, 0.2) is 0 Å². The van der Waals surface area contributed by atoms with Gasteiger partial charge >= 0.3 is 6.09 Å². The van der Waals surface area contributed by atoms with Crippen molar-refractivity contribution in [3.8, 4) is 11.1 Å². The molecule has 1 aliphatic carbocycles. The summed E-state index contributed by atoms with van der Waals surface area (Å²) in [4.78, 5) is 26.8. The zero-order valence-corrected chi connectivity index (χ0v) is 24.6. The molecule has 40 heavy (non-hydrogen) atoms. The van der Waals surface area contributed by atoms with Crippen molar-refractivity contribution in [3.63, 3.8) is 0 Å². The van der Waals surface area contributed by atoms with E-state index in [-0.39, 0.29) is 37.0 Å². The predicted octanol–water partition coefficient (Wildman–Crippen LogP) is 6.16. The lowest BCUT2D eigenvalue weighted by Gasteiger charge is -2.40. The molecule has 2 aromatic carbocycles. The van der Waals surface area contributed by atoms with Gasteiger partial charge < -0.3 is 25.4 Å². The second-order valence-electron chi connectivity index (χ2n) is 11.2. The molecule has 0 radical (unpaired) electrons. The maximum absolute atomic E-state index is 13.6. The minimum absolute atomic E-state index is 0.0785. The van der Waals surface area contributed by atoms with Gasteiger partial charge in [0.25, 0.3) is 0 Å². The van der Waals surface area contributed by atoms with Crippen molar-refractivity contribution in [2.75, 3.05) is 39.8 Å². The Morgan fingerprint density at radius 2 is 1.90 bits per heavy atom. The second kappa shape index (κ2) is 14.9. The summed E-state index contributed by atoms with van der Waals surface area (Å²) in [5, 5.41) is 15.4. The lowest BCUT2D eigenvalue weighted by Crippen LogP contribution is -2.45. The third-order valence-corrected chi connectivity index (χ3v) is 8.85. The molecule has 0 bridgehead atoms. The van der Waals surface area contributed by atoms with Crippen LogP contribution in [0.5, 0.6) is 0 Å². The summed E-state index contributed by atoms with van der Waals surface area (Å²) < 4.78 is 6.48. The van der Waals surface area contributed by atoms with Gasteiger partial charge in [-0.05, 0) is 87.2 Å². The number of carbonyl (C=O) groups is 2. The van der Waals surface area contributed by atoms with E-state index in [1.54, 1.807) is 0 Å². The largest absolute Gasteiger partial charge is 0.465 e. The van der Waals surface area contributed by atoms with E-state index in [0.717, 1.165) is 74.7 Å². The Morgan fingerprint density at radius 3 is 2.62 bits per heavy atom. The number of hydrogen-bond donors (Lipinski definition) is 3. The number of likely N-dealkylation sites (tertiary alicyclic amines) is 1. The third kappa shape index (κ3) is 7.77. The van der Waals surface area contributed by atoms with Crippen molar-refractivity contribution >= 4 is 23.6 Å². The molecule has 2 atom stereocenters. The number of piperidine rings is 1. The molecule has 2 aromatic rings. The molecule has 1 saturated heterocycles. The van der Waals surface area contributed by atoms with Gasteiger partial charge in [-0.2, -0.15) is 0 Å². The van der Waals surface area contributed by atoms with Gasteiger partial charge in [0.1, 0.15) is 0 Å². The van der Waals surface area contributed by atoms with Crippen molar-refractivity contribution in [1.29, 1.82) is 0 Å². The number of benzene rings is 2. The van der Waals surface area contributed by atoms with Crippen LogP contribution in [0.25, 0.3) is 11.1 Å². The van der Waals surface area contributed by atoms with Gasteiger partial charge in [0.2, 0.25) is 5.91 Å². The lowest BCUT2D eigenvalue weighted by atomic mass is 9.80. The van der Waals surface area contributed by atoms with E-state index < -0.39 is 6.09 Å². The smallest absolute Gasteiger partial charge is 0.404 e. The molecule has 8 heteroatoms. The number of nitrogens with one attached hydrogen (secondary N) is 2. The molecular weight excluding hydrogens is 526 g/mol. The minimum Gasteiger partial charge on any atom is -0.465 e. The van der Waals surface area contributed by atoms with E-state index >= 15 is 0 Å². The molecule has 2 fully saturated rings. The van der Waals surface area contributed by atoms with Gasteiger partial charge in [-0.25, -0.2) is 4.79 Å². The topological polar surface area (TPSA) is 90.9 Å². The number of rotatable bonds is 11. The average Bonchev–Trinajstić information content (AvgIpc) is 2.97. The fourth-order valence-electron chi connectivity index (χ4n) is 6.47. The number of ether oxygens (including phenoxy) is 1. The zero-order valence-electron chi connectivity index (χ0n) is 23.8. The van der Waals surface area contributed by atoms with Crippen molar-refractivity contribution in [3.05, 3.63) is 58.6 Å². The fourth-order valence-corrected chi connectivity index (χ4v) is 6.76. The summed E-state index contributed by atoms with van der Waals surface area (Å²) in [6.45, 7) is 4.99. The molecule has 7 nitrogen and oxygen atoms in total. The van der Waals surface area contributed by atoms with Crippen LogP contribution in [-0.2, 0) is 16.0 Å². The number of carboxylic acid groups (broad SMARTS) is 1. The molecule has 1 unspecified atom stereocenters. The minimum atomic E-state index is -1.07. The summed E-state index contributed by atoms with van der Waals surface area (Å²) >= 11 is 6.85. The van der Waals surface area contributed by atoms with Crippen LogP contribution in [0.3, 0.4) is 0 Å². The highest BCUT2D eigenvalue weighted by molar-refractivity contribution is 6.33. The van der Waals surface area contributed by atoms with Crippen LogP contribution >= 0.6 is 11.6 Å². The van der Waals surface area contributed by atoms with E-state index in [0.29, 0.717) is 17.5 Å². The summed E-state index contributed by atoms with van der Waals surface area (Å²) in [5.74, 6) is 1.12. The Morgan fingerprint density at radius 1 is 1.12 bits per heavy atom. The first kappa shape index (κ1) is 30.4. The zero-order chi connectivity index (χ0) is 28.5. The van der Waals surface area contributed by atoms with Crippen LogP contribution in [0.4, 0.5) is 4.79 Å². The molecule has 1 saturated carbocycles. The number of carbonyl (C=O) groups excluding carboxylic acids is 1. The van der Waals surface area contributed by atoms with Gasteiger partial charge in [-0.3, -0.25) is 4.79 Å². The van der Waals surface area contributed by atoms with Crippen molar-refractivity contribution in [2.45, 2.75) is 58.0 Å². The number of aryl methyl sites for hydroxylation is 1. The maximum atomic E-state index is 13.6. The Labute approximate surface area is 243 Å². The van der Waals surface area contributed by atoms with Crippen molar-refractivity contribution < 1.29 is 19.4 Å². The SMILES string of the molecule is CCc1cccc(-c2c(Cl)cccc2C(OCCNC(=O)O)[C@@H]2CCCN(C(=O)C3CCC(CNC)CC3)C2)c1. The lowest BCUT2D eigenvalue weighted by molar-refractivity contribution is -0.140.